The zero-order valence-corrected chi connectivity index (χ0v) is 20.3. The van der Waals surface area contributed by atoms with Crippen LogP contribution in [-0.2, 0) is 11.2 Å². The molecule has 3 rings (SSSR count). The topological polar surface area (TPSA) is 77.0 Å². The molecule has 0 saturated heterocycles. The average Bonchev–Trinajstić information content (AvgIpc) is 2.74. The molecule has 1 aliphatic rings. The summed E-state index contributed by atoms with van der Waals surface area (Å²) < 4.78 is 18.4. The molecule has 2 aromatic carbocycles. The van der Waals surface area contributed by atoms with E-state index in [1.54, 1.807) is 0 Å². The van der Waals surface area contributed by atoms with Crippen LogP contribution in [-0.4, -0.2) is 42.7 Å². The van der Waals surface area contributed by atoms with Crippen LogP contribution in [0.4, 0.5) is 4.79 Å². The highest BCUT2D eigenvalue weighted by atomic mass is 127. The molecule has 0 saturated carbocycles. The zero-order chi connectivity index (χ0) is 22.4. The third kappa shape index (κ3) is 7.00. The van der Waals surface area contributed by atoms with Crippen molar-refractivity contribution in [2.75, 3.05) is 13.2 Å². The first-order valence-corrected chi connectivity index (χ1v) is 11.6. The van der Waals surface area contributed by atoms with E-state index in [2.05, 4.69) is 34.0 Å². The Kier molecular flexibility index (Phi) is 8.05. The smallest absolute Gasteiger partial charge is 0.407 e. The van der Waals surface area contributed by atoms with E-state index >= 15 is 0 Å². The lowest BCUT2D eigenvalue weighted by atomic mass is 9.86. The molecular weight excluding hydrogens is 509 g/mol. The van der Waals surface area contributed by atoms with Crippen molar-refractivity contribution in [2.24, 2.45) is 5.41 Å². The number of fused-ring (bicyclic) bond motifs is 1. The molecule has 1 amide bonds. The van der Waals surface area contributed by atoms with Gasteiger partial charge < -0.3 is 24.6 Å². The molecule has 6 nitrogen and oxygen atoms in total. The number of aryl methyl sites for hydroxylation is 1. The van der Waals surface area contributed by atoms with Gasteiger partial charge in [-0.2, -0.15) is 0 Å². The van der Waals surface area contributed by atoms with Crippen molar-refractivity contribution in [2.45, 2.75) is 51.9 Å². The molecule has 168 valence electrons. The quantitative estimate of drug-likeness (QED) is 0.505. The van der Waals surface area contributed by atoms with E-state index in [0.29, 0.717) is 12.3 Å². The van der Waals surface area contributed by atoms with Crippen molar-refractivity contribution in [1.82, 2.24) is 5.32 Å². The maximum Gasteiger partial charge on any atom is 0.407 e. The maximum atomic E-state index is 12.5. The van der Waals surface area contributed by atoms with Gasteiger partial charge in [0.1, 0.15) is 36.4 Å². The highest BCUT2D eigenvalue weighted by Gasteiger charge is 2.35. The number of aliphatic hydroxyl groups excluding tert-OH is 1. The second kappa shape index (κ2) is 10.5. The van der Waals surface area contributed by atoms with Gasteiger partial charge in [0.15, 0.2) is 0 Å². The van der Waals surface area contributed by atoms with Gasteiger partial charge in [-0.3, -0.25) is 0 Å². The van der Waals surface area contributed by atoms with E-state index in [1.807, 2.05) is 63.2 Å². The number of para-hydroxylation sites is 1. The lowest BCUT2D eigenvalue weighted by molar-refractivity contribution is -0.0685. The number of amides is 1. The molecule has 2 aromatic rings. The summed E-state index contributed by atoms with van der Waals surface area (Å²) in [6.45, 7) is 6.12. The van der Waals surface area contributed by atoms with Crippen LogP contribution in [0.5, 0.6) is 11.5 Å². The average molecular weight is 539 g/mol. The summed E-state index contributed by atoms with van der Waals surface area (Å²) in [7, 11) is 0. The van der Waals surface area contributed by atoms with Crippen LogP contribution in [0.2, 0.25) is 0 Å². The molecule has 1 heterocycles. The maximum absolute atomic E-state index is 12.5. The van der Waals surface area contributed by atoms with Crippen LogP contribution in [0, 0.1) is 8.99 Å². The van der Waals surface area contributed by atoms with Gasteiger partial charge in [0, 0.05) is 8.99 Å². The van der Waals surface area contributed by atoms with Crippen molar-refractivity contribution in [3.63, 3.8) is 0 Å². The second-order valence-electron chi connectivity index (χ2n) is 8.79. The largest absolute Gasteiger partial charge is 0.491 e. The van der Waals surface area contributed by atoms with Crippen LogP contribution < -0.4 is 14.8 Å². The summed E-state index contributed by atoms with van der Waals surface area (Å²) in [6.07, 6.45) is -0.648. The lowest BCUT2D eigenvalue weighted by Crippen LogP contribution is -2.47. The van der Waals surface area contributed by atoms with Gasteiger partial charge >= 0.3 is 6.09 Å². The van der Waals surface area contributed by atoms with Crippen LogP contribution in [0.15, 0.2) is 48.5 Å². The Morgan fingerprint density at radius 3 is 2.71 bits per heavy atom. The van der Waals surface area contributed by atoms with E-state index in [9.17, 15) is 9.90 Å². The normalized spacial score (nSPS) is 17.6. The van der Waals surface area contributed by atoms with E-state index in [0.717, 1.165) is 18.6 Å². The molecule has 1 aliphatic heterocycles. The predicted octanol–water partition coefficient (Wildman–Crippen LogP) is 4.57. The monoisotopic (exact) mass is 539 g/mol. The van der Waals surface area contributed by atoms with Crippen molar-refractivity contribution >= 4 is 28.7 Å². The molecule has 0 spiro atoms. The minimum Gasteiger partial charge on any atom is -0.491 e. The third-order valence-corrected chi connectivity index (χ3v) is 5.80. The molecular formula is C24H30INO5. The van der Waals surface area contributed by atoms with Gasteiger partial charge in [-0.1, -0.05) is 39.0 Å². The lowest BCUT2D eigenvalue weighted by Gasteiger charge is -2.34. The number of hydrogen-bond donors (Lipinski definition) is 2. The first kappa shape index (κ1) is 23.7. The fourth-order valence-electron chi connectivity index (χ4n) is 3.53. The summed E-state index contributed by atoms with van der Waals surface area (Å²) in [5.74, 6) is 1.52. The molecule has 0 aromatic heterocycles. The van der Waals surface area contributed by atoms with Crippen molar-refractivity contribution < 1.29 is 24.1 Å². The Bertz CT molecular complexity index is 868. The summed E-state index contributed by atoms with van der Waals surface area (Å²) in [5, 5.41) is 13.4. The second-order valence-corrected chi connectivity index (χ2v) is 10.0. The molecule has 0 bridgehead atoms. The number of nitrogens with one attached hydrogen (secondary N) is 1. The molecule has 7 heteroatoms. The Hall–Kier alpha value is -2.00. The molecule has 2 N–H and O–H groups in total. The highest BCUT2D eigenvalue weighted by Crippen LogP contribution is 2.29. The summed E-state index contributed by atoms with van der Waals surface area (Å²) in [5.41, 5.74) is 0.730. The molecule has 0 radical (unpaired) electrons. The number of rotatable bonds is 7. The fraction of sp³-hybridized carbons (Fsp3) is 0.458. The van der Waals surface area contributed by atoms with Gasteiger partial charge in [0.2, 0.25) is 0 Å². The Labute approximate surface area is 197 Å². The van der Waals surface area contributed by atoms with E-state index in [4.69, 9.17) is 14.2 Å². The molecule has 3 atom stereocenters. The van der Waals surface area contributed by atoms with E-state index < -0.39 is 23.7 Å². The number of aliphatic hydroxyl groups is 1. The fourth-order valence-corrected chi connectivity index (χ4v) is 4.09. The number of hydrogen-bond acceptors (Lipinski definition) is 5. The number of benzene rings is 2. The number of carbonyl (C=O) groups excluding carboxylic acids is 1. The Morgan fingerprint density at radius 2 is 2.00 bits per heavy atom. The van der Waals surface area contributed by atoms with Gasteiger partial charge in [-0.05, 0) is 71.3 Å². The molecule has 31 heavy (non-hydrogen) atoms. The van der Waals surface area contributed by atoms with E-state index in [1.165, 1.54) is 9.13 Å². The van der Waals surface area contributed by atoms with Gasteiger partial charge in [-0.15, -0.1) is 0 Å². The minimum atomic E-state index is -0.966. The van der Waals surface area contributed by atoms with Crippen LogP contribution in [0.25, 0.3) is 0 Å². The standard InChI is InChI=1S/C24H30INO5/c1-24(2,3)22(20(27)15-29-18-7-5-4-6-8-18)31-23(28)26-14-19-11-9-16-13-17(25)10-12-21(16)30-19/h4-8,10,12-13,19-20,22,27H,9,11,14-15H2,1-3H3,(H,26,28)/t19-,20+,22?/m1/s1. The predicted molar refractivity (Wildman–Crippen MR) is 128 cm³/mol. The Morgan fingerprint density at radius 1 is 1.26 bits per heavy atom. The number of alkyl carbamates (subject to hydrolysis) is 1. The zero-order valence-electron chi connectivity index (χ0n) is 18.1. The summed E-state index contributed by atoms with van der Waals surface area (Å²) >= 11 is 2.29. The van der Waals surface area contributed by atoms with E-state index in [-0.39, 0.29) is 12.7 Å². The van der Waals surface area contributed by atoms with Crippen LogP contribution >= 0.6 is 22.6 Å². The number of carbonyl (C=O) groups is 1. The SMILES string of the molecule is CC(C)(C)C(OC(=O)NC[C@H]1CCc2cc(I)ccc2O1)[C@@H](O)COc1ccccc1. The van der Waals surface area contributed by atoms with Gasteiger partial charge in [0.25, 0.3) is 0 Å². The van der Waals surface area contributed by atoms with Gasteiger partial charge in [0.05, 0.1) is 6.54 Å². The first-order valence-electron chi connectivity index (χ1n) is 10.5. The minimum absolute atomic E-state index is 0.0283. The summed E-state index contributed by atoms with van der Waals surface area (Å²) in [4.78, 5) is 12.5. The van der Waals surface area contributed by atoms with Crippen molar-refractivity contribution in [3.05, 3.63) is 57.7 Å². The third-order valence-electron chi connectivity index (χ3n) is 5.13. The summed E-state index contributed by atoms with van der Waals surface area (Å²) in [6, 6.07) is 15.4. The van der Waals surface area contributed by atoms with Crippen LogP contribution in [0.3, 0.4) is 0 Å². The number of halogens is 1. The van der Waals surface area contributed by atoms with Crippen molar-refractivity contribution in [1.29, 1.82) is 0 Å². The molecule has 0 fully saturated rings. The van der Waals surface area contributed by atoms with Crippen LogP contribution in [0.1, 0.15) is 32.8 Å². The Balaban J connectivity index is 1.50. The van der Waals surface area contributed by atoms with Crippen molar-refractivity contribution in [3.8, 4) is 11.5 Å². The van der Waals surface area contributed by atoms with Gasteiger partial charge in [-0.25, -0.2) is 4.79 Å². The number of ether oxygens (including phenoxy) is 3. The first-order chi connectivity index (χ1) is 14.7. The molecule has 0 aliphatic carbocycles. The highest BCUT2D eigenvalue weighted by molar-refractivity contribution is 14.1. The molecule has 1 unspecified atom stereocenters.